The molecule has 1 aromatic carbocycles. The number of sulfone groups is 1. The summed E-state index contributed by atoms with van der Waals surface area (Å²) in [5, 5.41) is 7.15. The number of benzene rings is 1. The number of hydrogen-bond donors (Lipinski definition) is 1. The van der Waals surface area contributed by atoms with Gasteiger partial charge in [-0.2, -0.15) is 5.10 Å². The average Bonchev–Trinajstić information content (AvgIpc) is 3.28. The highest BCUT2D eigenvalue weighted by molar-refractivity contribution is 7.90. The molecule has 4 aromatic rings. The molecule has 1 N–H and O–H groups in total. The molecule has 0 aliphatic heterocycles. The summed E-state index contributed by atoms with van der Waals surface area (Å²) in [6.45, 7) is 0.388. The second kappa shape index (κ2) is 8.49. The molecule has 0 atom stereocenters. The van der Waals surface area contributed by atoms with Crippen molar-refractivity contribution in [1.82, 2.24) is 25.1 Å². The van der Waals surface area contributed by atoms with E-state index >= 15 is 0 Å². The monoisotopic (exact) mass is 433 g/mol. The van der Waals surface area contributed by atoms with Crippen LogP contribution in [0.15, 0.2) is 84.4 Å². The van der Waals surface area contributed by atoms with Crippen LogP contribution in [0, 0.1) is 0 Å². The first-order chi connectivity index (χ1) is 14.9. The van der Waals surface area contributed by atoms with Crippen molar-refractivity contribution in [2.24, 2.45) is 0 Å². The Balaban J connectivity index is 1.45. The van der Waals surface area contributed by atoms with Gasteiger partial charge in [0.1, 0.15) is 0 Å². The molecule has 0 unspecified atom stereocenters. The highest BCUT2D eigenvalue weighted by atomic mass is 32.2. The minimum absolute atomic E-state index is 0.218. The minimum atomic E-state index is -3.25. The van der Waals surface area contributed by atoms with Gasteiger partial charge in [-0.05, 0) is 48.0 Å². The van der Waals surface area contributed by atoms with Crippen molar-refractivity contribution in [3.63, 3.8) is 0 Å². The molecule has 1 amide bonds. The number of pyridine rings is 2. The molecule has 0 aliphatic carbocycles. The van der Waals surface area contributed by atoms with Gasteiger partial charge in [0.25, 0.3) is 5.91 Å². The summed E-state index contributed by atoms with van der Waals surface area (Å²) >= 11 is 0. The third-order valence-electron chi connectivity index (χ3n) is 4.61. The summed E-state index contributed by atoms with van der Waals surface area (Å²) in [5.74, 6) is -0.218. The van der Waals surface area contributed by atoms with Gasteiger partial charge >= 0.3 is 0 Å². The van der Waals surface area contributed by atoms with Crippen LogP contribution in [0.25, 0.3) is 16.9 Å². The topological polar surface area (TPSA) is 107 Å². The van der Waals surface area contributed by atoms with Gasteiger partial charge in [-0.25, -0.2) is 13.1 Å². The number of nitrogens with one attached hydrogen (secondary N) is 1. The SMILES string of the molecule is CS(=O)(=O)c1ccc(-n2cc(-c3ccc(C(=O)NCc4cccnc4)cn3)cn2)cc1. The summed E-state index contributed by atoms with van der Waals surface area (Å²) in [5.41, 5.74) is 3.54. The van der Waals surface area contributed by atoms with Gasteiger partial charge in [-0.3, -0.25) is 14.8 Å². The Labute approximate surface area is 179 Å². The fourth-order valence-electron chi connectivity index (χ4n) is 2.93. The van der Waals surface area contributed by atoms with Crippen molar-refractivity contribution in [2.45, 2.75) is 11.4 Å². The fourth-order valence-corrected chi connectivity index (χ4v) is 3.56. The lowest BCUT2D eigenvalue weighted by molar-refractivity contribution is 0.0950. The van der Waals surface area contributed by atoms with Gasteiger partial charge in [0.2, 0.25) is 0 Å². The molecular weight excluding hydrogens is 414 g/mol. The van der Waals surface area contributed by atoms with Crippen molar-refractivity contribution in [3.05, 3.63) is 90.6 Å². The standard InChI is InChI=1S/C22H19N5O3S/c1-31(29,30)20-7-5-19(6-8-20)27-15-18(14-26-27)21-9-4-17(13-24-21)22(28)25-12-16-3-2-10-23-11-16/h2-11,13-15H,12H2,1H3,(H,25,28). The molecule has 0 fully saturated rings. The van der Waals surface area contributed by atoms with Crippen LogP contribution >= 0.6 is 0 Å². The Kier molecular flexibility index (Phi) is 5.59. The van der Waals surface area contributed by atoms with Crippen LogP contribution in [-0.2, 0) is 16.4 Å². The first-order valence-electron chi connectivity index (χ1n) is 9.39. The van der Waals surface area contributed by atoms with Crippen molar-refractivity contribution in [3.8, 4) is 16.9 Å². The molecule has 0 radical (unpaired) electrons. The summed E-state index contributed by atoms with van der Waals surface area (Å²) in [6.07, 6.45) is 9.53. The van der Waals surface area contributed by atoms with Crippen molar-refractivity contribution in [1.29, 1.82) is 0 Å². The maximum Gasteiger partial charge on any atom is 0.253 e. The third-order valence-corrected chi connectivity index (χ3v) is 5.74. The van der Waals surface area contributed by atoms with E-state index in [1.165, 1.54) is 12.5 Å². The molecule has 0 saturated carbocycles. The summed E-state index contributed by atoms with van der Waals surface area (Å²) < 4.78 is 24.8. The van der Waals surface area contributed by atoms with Gasteiger partial charge in [-0.1, -0.05) is 6.07 Å². The van der Waals surface area contributed by atoms with E-state index < -0.39 is 9.84 Å². The van der Waals surface area contributed by atoms with Crippen LogP contribution in [0.4, 0.5) is 0 Å². The summed E-state index contributed by atoms with van der Waals surface area (Å²) in [6, 6.07) is 13.6. The Hall–Kier alpha value is -3.85. The Bertz CT molecular complexity index is 1300. The molecule has 9 heteroatoms. The van der Waals surface area contributed by atoms with E-state index in [1.807, 2.05) is 12.1 Å². The number of hydrogen-bond acceptors (Lipinski definition) is 6. The van der Waals surface area contributed by atoms with Crippen LogP contribution < -0.4 is 5.32 Å². The molecule has 0 spiro atoms. The second-order valence-corrected chi connectivity index (χ2v) is 8.93. The average molecular weight is 433 g/mol. The molecule has 156 valence electrons. The second-order valence-electron chi connectivity index (χ2n) is 6.92. The number of aromatic nitrogens is 4. The number of carbonyl (C=O) groups is 1. The molecular formula is C22H19N5O3S. The fraction of sp³-hybridized carbons (Fsp3) is 0.0909. The minimum Gasteiger partial charge on any atom is -0.348 e. The van der Waals surface area contributed by atoms with E-state index in [4.69, 9.17) is 0 Å². The predicted octanol–water partition coefficient (Wildman–Crippen LogP) is 2.66. The lowest BCUT2D eigenvalue weighted by atomic mass is 10.2. The van der Waals surface area contributed by atoms with Gasteiger partial charge in [-0.15, -0.1) is 0 Å². The normalized spacial score (nSPS) is 11.3. The summed E-state index contributed by atoms with van der Waals surface area (Å²) in [4.78, 5) is 21.0. The van der Waals surface area contributed by atoms with Crippen LogP contribution in [0.5, 0.6) is 0 Å². The van der Waals surface area contributed by atoms with Gasteiger partial charge in [0.05, 0.1) is 28.0 Å². The molecule has 4 rings (SSSR count). The quantitative estimate of drug-likeness (QED) is 0.501. The van der Waals surface area contributed by atoms with E-state index in [1.54, 1.807) is 65.9 Å². The maximum absolute atomic E-state index is 12.3. The van der Waals surface area contributed by atoms with Gasteiger partial charge in [0, 0.05) is 43.2 Å². The Morgan fingerprint density at radius 2 is 1.84 bits per heavy atom. The zero-order valence-corrected chi connectivity index (χ0v) is 17.5. The predicted molar refractivity (Wildman–Crippen MR) is 115 cm³/mol. The largest absolute Gasteiger partial charge is 0.348 e. The Morgan fingerprint density at radius 1 is 1.03 bits per heavy atom. The van der Waals surface area contributed by atoms with E-state index in [0.29, 0.717) is 17.8 Å². The zero-order chi connectivity index (χ0) is 21.8. The number of amides is 1. The third kappa shape index (κ3) is 4.84. The molecule has 31 heavy (non-hydrogen) atoms. The summed E-state index contributed by atoms with van der Waals surface area (Å²) in [7, 11) is -3.25. The first kappa shape index (κ1) is 20.4. The Morgan fingerprint density at radius 3 is 2.48 bits per heavy atom. The van der Waals surface area contributed by atoms with E-state index in [9.17, 15) is 13.2 Å². The molecule has 3 heterocycles. The van der Waals surface area contributed by atoms with Crippen molar-refractivity contribution in [2.75, 3.05) is 6.26 Å². The maximum atomic E-state index is 12.3. The first-order valence-corrected chi connectivity index (χ1v) is 11.3. The van der Waals surface area contributed by atoms with E-state index in [2.05, 4.69) is 20.4 Å². The lowest BCUT2D eigenvalue weighted by Gasteiger charge is -2.05. The number of carbonyl (C=O) groups excluding carboxylic acids is 1. The van der Waals surface area contributed by atoms with Crippen LogP contribution in [0.3, 0.4) is 0 Å². The zero-order valence-electron chi connectivity index (χ0n) is 16.6. The van der Waals surface area contributed by atoms with Crippen LogP contribution in [0.1, 0.15) is 15.9 Å². The van der Waals surface area contributed by atoms with Gasteiger partial charge in [0.15, 0.2) is 9.84 Å². The molecule has 0 saturated heterocycles. The molecule has 8 nitrogen and oxygen atoms in total. The van der Waals surface area contributed by atoms with Crippen LogP contribution in [-0.4, -0.2) is 40.3 Å². The lowest BCUT2D eigenvalue weighted by Crippen LogP contribution is -2.22. The smallest absolute Gasteiger partial charge is 0.253 e. The molecule has 0 bridgehead atoms. The van der Waals surface area contributed by atoms with E-state index in [-0.39, 0.29) is 10.8 Å². The number of rotatable bonds is 6. The van der Waals surface area contributed by atoms with Crippen LogP contribution in [0.2, 0.25) is 0 Å². The molecule has 0 aliphatic rings. The highest BCUT2D eigenvalue weighted by Gasteiger charge is 2.10. The van der Waals surface area contributed by atoms with E-state index in [0.717, 1.165) is 16.8 Å². The van der Waals surface area contributed by atoms with Gasteiger partial charge < -0.3 is 5.32 Å². The highest BCUT2D eigenvalue weighted by Crippen LogP contribution is 2.19. The van der Waals surface area contributed by atoms with Crippen molar-refractivity contribution < 1.29 is 13.2 Å². The molecule has 3 aromatic heterocycles. The van der Waals surface area contributed by atoms with Crippen molar-refractivity contribution >= 4 is 15.7 Å². The number of nitrogens with zero attached hydrogens (tertiary/aromatic N) is 4.